The minimum atomic E-state index is -3.00. The van der Waals surface area contributed by atoms with Gasteiger partial charge in [0, 0.05) is 25.1 Å². The van der Waals surface area contributed by atoms with Crippen LogP contribution in [0.3, 0.4) is 0 Å². The van der Waals surface area contributed by atoms with Gasteiger partial charge in [-0.2, -0.15) is 0 Å². The van der Waals surface area contributed by atoms with Crippen LogP contribution in [-0.2, 0) is 25.5 Å². The van der Waals surface area contributed by atoms with Gasteiger partial charge in [0.1, 0.15) is 29.8 Å². The molecule has 2 fully saturated rings. The highest BCUT2D eigenvalue weighted by Gasteiger charge is 2.45. The third-order valence-electron chi connectivity index (χ3n) is 9.10. The highest BCUT2D eigenvalue weighted by molar-refractivity contribution is 5.94. The molecule has 1 saturated heterocycles. The van der Waals surface area contributed by atoms with Crippen molar-refractivity contribution in [3.05, 3.63) is 34.9 Å². The first-order chi connectivity index (χ1) is 23.1. The number of likely N-dealkylation sites (tertiary alicyclic amines) is 1. The van der Waals surface area contributed by atoms with Crippen LogP contribution >= 0.6 is 0 Å². The average molecular weight is 701 g/mol. The molecule has 1 aromatic rings. The van der Waals surface area contributed by atoms with E-state index < -0.39 is 96.5 Å². The van der Waals surface area contributed by atoms with Crippen LogP contribution in [0.15, 0.2) is 12.1 Å². The van der Waals surface area contributed by atoms with Crippen LogP contribution in [0.1, 0.15) is 88.6 Å². The van der Waals surface area contributed by atoms with Crippen LogP contribution in [0.2, 0.25) is 0 Å². The summed E-state index contributed by atoms with van der Waals surface area (Å²) in [5.74, 6) is -6.32. The largest absolute Gasteiger partial charge is 0.478 e. The molecular weight excluding hydrogens is 652 g/mol. The van der Waals surface area contributed by atoms with Crippen LogP contribution in [0.25, 0.3) is 0 Å². The predicted molar refractivity (Wildman–Crippen MR) is 171 cm³/mol. The molecule has 4 atom stereocenters. The standard InChI is InChI=1S/C34H48F4N4O7/c1-18(2)17-49-34(48)41-29(19(3)4)32(45)42-16-22(20-8-6-5-7-9-20)14-27(42)31(44)40-26(15-28(37)38)30(43)39-11-10-23-24(35)12-21(33(46)47)13-25(23)36/h12-13,18-20,22,26-29H,5-11,14-17H2,1-4H3,(H,39,43)(H,40,44)(H,41,48)(H,46,47)/t22?,26-,27+,29-/m0/s1. The number of hydrogen-bond acceptors (Lipinski definition) is 6. The first-order valence-electron chi connectivity index (χ1n) is 16.9. The van der Waals surface area contributed by atoms with Crippen molar-refractivity contribution in [2.24, 2.45) is 23.7 Å². The molecule has 4 N–H and O–H groups in total. The minimum absolute atomic E-state index is 0.0552. The van der Waals surface area contributed by atoms with Gasteiger partial charge in [-0.15, -0.1) is 0 Å². The van der Waals surface area contributed by atoms with Gasteiger partial charge < -0.3 is 30.7 Å². The fourth-order valence-electron chi connectivity index (χ4n) is 6.49. The van der Waals surface area contributed by atoms with Gasteiger partial charge in [0.2, 0.25) is 24.1 Å². The zero-order valence-corrected chi connectivity index (χ0v) is 28.4. The lowest BCUT2D eigenvalue weighted by Crippen LogP contribution is -2.57. The summed E-state index contributed by atoms with van der Waals surface area (Å²) in [6.45, 7) is 7.14. The van der Waals surface area contributed by atoms with Gasteiger partial charge in [0.05, 0.1) is 12.2 Å². The van der Waals surface area contributed by atoms with Crippen LogP contribution in [0.4, 0.5) is 22.4 Å². The quantitative estimate of drug-likeness (QED) is 0.194. The summed E-state index contributed by atoms with van der Waals surface area (Å²) in [6, 6.07) is -2.60. The number of carboxylic acid groups (broad SMARTS) is 1. The van der Waals surface area contributed by atoms with Crippen LogP contribution in [0, 0.1) is 35.3 Å². The molecular formula is C34H48F4N4O7. The zero-order chi connectivity index (χ0) is 36.4. The van der Waals surface area contributed by atoms with Crippen LogP contribution in [0.5, 0.6) is 0 Å². The SMILES string of the molecule is CC(C)COC(=O)N[C@H](C(=O)N1CC(C2CCCCC2)C[C@@H]1C(=O)N[C@@H](CC(F)F)C(=O)NCCc1c(F)cc(C(=O)O)cc1F)C(C)C. The smallest absolute Gasteiger partial charge is 0.407 e. The highest BCUT2D eigenvalue weighted by Crippen LogP contribution is 2.38. The number of nitrogens with zero attached hydrogens (tertiary/aromatic N) is 1. The number of aromatic carboxylic acids is 1. The van der Waals surface area contributed by atoms with E-state index in [0.29, 0.717) is 12.1 Å². The molecule has 1 aliphatic carbocycles. The molecule has 1 unspecified atom stereocenters. The minimum Gasteiger partial charge on any atom is -0.478 e. The Balaban J connectivity index is 1.77. The number of carbonyl (C=O) groups excluding carboxylic acids is 4. The second kappa shape index (κ2) is 18.2. The molecule has 49 heavy (non-hydrogen) atoms. The Hall–Kier alpha value is -3.91. The van der Waals surface area contributed by atoms with Crippen LogP contribution in [-0.4, -0.2) is 84.0 Å². The number of amides is 4. The molecule has 4 amide bonds. The van der Waals surface area contributed by atoms with Gasteiger partial charge in [0.25, 0.3) is 0 Å². The Morgan fingerprint density at radius 3 is 2.14 bits per heavy atom. The number of benzene rings is 1. The molecule has 2 aliphatic rings. The van der Waals surface area contributed by atoms with Crippen LogP contribution < -0.4 is 16.0 Å². The number of carboxylic acids is 1. The maximum absolute atomic E-state index is 14.4. The molecule has 11 nitrogen and oxygen atoms in total. The van der Waals surface area contributed by atoms with Crippen molar-refractivity contribution in [3.63, 3.8) is 0 Å². The summed E-state index contributed by atoms with van der Waals surface area (Å²) in [6.07, 6.45) is -0.0581. The Labute approximate surface area is 283 Å². The number of alkyl halides is 2. The monoisotopic (exact) mass is 700 g/mol. The molecule has 0 radical (unpaired) electrons. The Morgan fingerprint density at radius 1 is 0.959 bits per heavy atom. The summed E-state index contributed by atoms with van der Waals surface area (Å²) in [5, 5.41) is 16.3. The van der Waals surface area contributed by atoms with Gasteiger partial charge in [-0.3, -0.25) is 14.4 Å². The molecule has 0 aromatic heterocycles. The van der Waals surface area contributed by atoms with E-state index in [1.165, 1.54) is 4.90 Å². The number of halogens is 4. The molecule has 15 heteroatoms. The van der Waals surface area contributed by atoms with E-state index in [2.05, 4.69) is 16.0 Å². The van der Waals surface area contributed by atoms with Gasteiger partial charge in [0.15, 0.2) is 0 Å². The van der Waals surface area contributed by atoms with Gasteiger partial charge in [-0.25, -0.2) is 27.2 Å². The second-order valence-corrected chi connectivity index (χ2v) is 13.7. The normalized spacial score (nSPS) is 19.5. The highest BCUT2D eigenvalue weighted by atomic mass is 19.3. The summed E-state index contributed by atoms with van der Waals surface area (Å²) in [5.41, 5.74) is -1.11. The molecule has 1 aromatic carbocycles. The second-order valence-electron chi connectivity index (χ2n) is 13.7. The maximum atomic E-state index is 14.4. The fraction of sp³-hybridized carbons (Fsp3) is 0.676. The fourth-order valence-corrected chi connectivity index (χ4v) is 6.49. The summed E-state index contributed by atoms with van der Waals surface area (Å²) in [7, 11) is 0. The van der Waals surface area contributed by atoms with Gasteiger partial charge in [-0.05, 0) is 48.6 Å². The van der Waals surface area contributed by atoms with E-state index in [-0.39, 0.29) is 43.2 Å². The Kier molecular flexibility index (Phi) is 14.7. The topological polar surface area (TPSA) is 154 Å². The van der Waals surface area contributed by atoms with Crippen molar-refractivity contribution in [3.8, 4) is 0 Å². The third-order valence-corrected chi connectivity index (χ3v) is 9.10. The van der Waals surface area contributed by atoms with Crippen molar-refractivity contribution in [1.29, 1.82) is 0 Å². The molecule has 1 heterocycles. The Bertz CT molecular complexity index is 1320. The van der Waals surface area contributed by atoms with E-state index in [0.717, 1.165) is 32.1 Å². The Morgan fingerprint density at radius 2 is 1.59 bits per heavy atom. The molecule has 1 aliphatic heterocycles. The summed E-state index contributed by atoms with van der Waals surface area (Å²) < 4.78 is 61.1. The van der Waals surface area contributed by atoms with Gasteiger partial charge in [-0.1, -0.05) is 59.8 Å². The number of hydrogen-bond donors (Lipinski definition) is 4. The van der Waals surface area contributed by atoms with Crippen molar-refractivity contribution in [1.82, 2.24) is 20.9 Å². The van der Waals surface area contributed by atoms with E-state index in [1.807, 2.05) is 13.8 Å². The maximum Gasteiger partial charge on any atom is 0.407 e. The average Bonchev–Trinajstić information content (AvgIpc) is 3.49. The van der Waals surface area contributed by atoms with Crippen molar-refractivity contribution >= 4 is 29.8 Å². The molecule has 3 rings (SSSR count). The molecule has 274 valence electrons. The lowest BCUT2D eigenvalue weighted by Gasteiger charge is -2.31. The van der Waals surface area contributed by atoms with E-state index >= 15 is 0 Å². The van der Waals surface area contributed by atoms with E-state index in [4.69, 9.17) is 9.84 Å². The van der Waals surface area contributed by atoms with Crippen molar-refractivity contribution < 1.29 is 51.4 Å². The summed E-state index contributed by atoms with van der Waals surface area (Å²) >= 11 is 0. The zero-order valence-electron chi connectivity index (χ0n) is 28.4. The lowest BCUT2D eigenvalue weighted by molar-refractivity contribution is -0.141. The number of ether oxygens (including phenoxy) is 1. The predicted octanol–water partition coefficient (Wildman–Crippen LogP) is 4.67. The number of rotatable bonds is 15. The molecule has 0 bridgehead atoms. The molecule has 1 saturated carbocycles. The summed E-state index contributed by atoms with van der Waals surface area (Å²) in [4.78, 5) is 65.7. The first-order valence-corrected chi connectivity index (χ1v) is 16.9. The van der Waals surface area contributed by atoms with Crippen molar-refractivity contribution in [2.75, 3.05) is 19.7 Å². The number of carbonyl (C=O) groups is 5. The van der Waals surface area contributed by atoms with E-state index in [1.54, 1.807) is 13.8 Å². The van der Waals surface area contributed by atoms with E-state index in [9.17, 15) is 41.5 Å². The van der Waals surface area contributed by atoms with Gasteiger partial charge >= 0.3 is 12.1 Å². The molecule has 0 spiro atoms. The van der Waals surface area contributed by atoms with Crippen molar-refractivity contribution in [2.45, 2.75) is 104 Å². The third kappa shape index (κ3) is 11.3. The number of alkyl carbamates (subject to hydrolysis) is 1. The lowest BCUT2D eigenvalue weighted by atomic mass is 9.79. The number of nitrogens with one attached hydrogen (secondary N) is 3. The first kappa shape index (κ1) is 39.5.